The van der Waals surface area contributed by atoms with Crippen LogP contribution in [0.3, 0.4) is 0 Å². The predicted molar refractivity (Wildman–Crippen MR) is 78.1 cm³/mol. The van der Waals surface area contributed by atoms with E-state index in [2.05, 4.69) is 4.90 Å². The maximum absolute atomic E-state index is 12.7. The average Bonchev–Trinajstić information content (AvgIpc) is 2.36. The van der Waals surface area contributed by atoms with Crippen molar-refractivity contribution in [3.05, 3.63) is 0 Å². The fraction of sp³-hybridized carbons (Fsp3) is 0.938. The highest BCUT2D eigenvalue weighted by Gasteiger charge is 2.51. The number of rotatable bonds is 3. The molecule has 0 radical (unpaired) electrons. The normalized spacial score (nSPS) is 40.5. The summed E-state index contributed by atoms with van der Waals surface area (Å²) in [6.07, 6.45) is 6.89. The molecule has 0 spiro atoms. The SMILES string of the molecule is CN(C(=O)C(C)(C)CCl)C1C2CC3CC(C2)CC1C3. The van der Waals surface area contributed by atoms with Crippen molar-refractivity contribution in [3.8, 4) is 0 Å². The summed E-state index contributed by atoms with van der Waals surface area (Å²) in [6, 6.07) is 0.489. The highest BCUT2D eigenvalue weighted by atomic mass is 35.5. The third-order valence-electron chi connectivity index (χ3n) is 5.86. The highest BCUT2D eigenvalue weighted by Crippen LogP contribution is 2.55. The molecule has 2 nitrogen and oxygen atoms in total. The summed E-state index contributed by atoms with van der Waals surface area (Å²) in [6.45, 7) is 3.93. The van der Waals surface area contributed by atoms with Gasteiger partial charge >= 0.3 is 0 Å². The van der Waals surface area contributed by atoms with Gasteiger partial charge in [0.05, 0.1) is 5.41 Å². The molecular weight excluding hydrogens is 258 g/mol. The second-order valence-corrected chi connectivity index (χ2v) is 8.12. The lowest BCUT2D eigenvalue weighted by Crippen LogP contribution is -2.58. The van der Waals surface area contributed by atoms with Crippen LogP contribution < -0.4 is 0 Å². The van der Waals surface area contributed by atoms with Crippen molar-refractivity contribution in [1.29, 1.82) is 0 Å². The molecule has 0 aromatic rings. The Morgan fingerprint density at radius 1 is 1.11 bits per heavy atom. The Balaban J connectivity index is 1.77. The molecule has 0 N–H and O–H groups in total. The van der Waals surface area contributed by atoms with Gasteiger partial charge in [-0.15, -0.1) is 11.6 Å². The van der Waals surface area contributed by atoms with Gasteiger partial charge in [0.2, 0.25) is 5.91 Å². The topological polar surface area (TPSA) is 20.3 Å². The number of alkyl halides is 1. The molecule has 0 aliphatic heterocycles. The summed E-state index contributed by atoms with van der Waals surface area (Å²) in [5.41, 5.74) is -0.426. The summed E-state index contributed by atoms with van der Waals surface area (Å²) in [4.78, 5) is 14.7. The van der Waals surface area contributed by atoms with Crippen molar-refractivity contribution < 1.29 is 4.79 Å². The standard InChI is InChI=1S/C16H26ClNO/c1-16(2,9-17)15(19)18(3)14-12-5-10-4-11(7-12)8-13(14)6-10/h10-14H,4-9H2,1-3H3. The molecule has 3 heteroatoms. The lowest BCUT2D eigenvalue weighted by Gasteiger charge is -2.57. The Hall–Kier alpha value is -0.240. The van der Waals surface area contributed by atoms with Gasteiger partial charge in [-0.25, -0.2) is 0 Å². The monoisotopic (exact) mass is 283 g/mol. The van der Waals surface area contributed by atoms with Gasteiger partial charge in [-0.1, -0.05) is 0 Å². The average molecular weight is 284 g/mol. The van der Waals surface area contributed by atoms with Crippen molar-refractivity contribution in [1.82, 2.24) is 4.90 Å². The van der Waals surface area contributed by atoms with Crippen molar-refractivity contribution in [2.45, 2.75) is 52.0 Å². The Kier molecular flexibility index (Phi) is 3.36. The number of hydrogen-bond acceptors (Lipinski definition) is 1. The van der Waals surface area contributed by atoms with E-state index < -0.39 is 5.41 Å². The number of hydrogen-bond donors (Lipinski definition) is 0. The maximum Gasteiger partial charge on any atom is 0.229 e. The van der Waals surface area contributed by atoms with Gasteiger partial charge in [0.25, 0.3) is 0 Å². The molecule has 0 aromatic carbocycles. The van der Waals surface area contributed by atoms with Crippen LogP contribution >= 0.6 is 11.6 Å². The second-order valence-electron chi connectivity index (χ2n) is 7.85. The number of nitrogens with zero attached hydrogens (tertiary/aromatic N) is 1. The van der Waals surface area contributed by atoms with E-state index >= 15 is 0 Å². The number of carbonyl (C=O) groups is 1. The Morgan fingerprint density at radius 3 is 2.00 bits per heavy atom. The zero-order valence-corrected chi connectivity index (χ0v) is 13.1. The van der Waals surface area contributed by atoms with Crippen molar-refractivity contribution in [3.63, 3.8) is 0 Å². The van der Waals surface area contributed by atoms with Gasteiger partial charge in [-0.3, -0.25) is 4.79 Å². The minimum Gasteiger partial charge on any atom is -0.342 e. The van der Waals surface area contributed by atoms with Crippen LogP contribution in [0, 0.1) is 29.1 Å². The smallest absolute Gasteiger partial charge is 0.229 e. The first-order valence-electron chi connectivity index (χ1n) is 7.75. The molecule has 0 aromatic heterocycles. The molecule has 4 aliphatic carbocycles. The van der Waals surface area contributed by atoms with E-state index in [1.165, 1.54) is 32.1 Å². The van der Waals surface area contributed by atoms with Crippen LogP contribution in [-0.2, 0) is 4.79 Å². The quantitative estimate of drug-likeness (QED) is 0.726. The van der Waals surface area contributed by atoms with Gasteiger partial charge in [0.1, 0.15) is 0 Å². The molecule has 4 aliphatic rings. The predicted octanol–water partition coefficient (Wildman–Crippen LogP) is 3.53. The van der Waals surface area contributed by atoms with E-state index in [9.17, 15) is 4.79 Å². The lowest BCUT2D eigenvalue weighted by atomic mass is 9.54. The summed E-state index contributed by atoms with van der Waals surface area (Å²) < 4.78 is 0. The van der Waals surface area contributed by atoms with Crippen LogP contribution in [0.25, 0.3) is 0 Å². The van der Waals surface area contributed by atoms with Crippen LogP contribution in [0.4, 0.5) is 0 Å². The van der Waals surface area contributed by atoms with Gasteiger partial charge in [0.15, 0.2) is 0 Å². The van der Waals surface area contributed by atoms with Crippen LogP contribution in [0.2, 0.25) is 0 Å². The first kappa shape index (κ1) is 13.7. The second kappa shape index (κ2) is 4.65. The number of amides is 1. The number of carbonyl (C=O) groups excluding carboxylic acids is 1. The van der Waals surface area contributed by atoms with E-state index in [1.807, 2.05) is 20.9 Å². The molecule has 0 atom stereocenters. The fourth-order valence-corrected chi connectivity index (χ4v) is 5.31. The van der Waals surface area contributed by atoms with Crippen LogP contribution in [0.1, 0.15) is 46.0 Å². The maximum atomic E-state index is 12.7. The van der Waals surface area contributed by atoms with E-state index in [0.29, 0.717) is 11.9 Å². The van der Waals surface area contributed by atoms with Gasteiger partial charge in [-0.2, -0.15) is 0 Å². The van der Waals surface area contributed by atoms with E-state index in [1.54, 1.807) is 0 Å². The Labute approximate surface area is 121 Å². The third-order valence-corrected chi connectivity index (χ3v) is 6.53. The minimum atomic E-state index is -0.426. The molecule has 108 valence electrons. The molecule has 0 heterocycles. The third kappa shape index (κ3) is 2.20. The molecule has 4 bridgehead atoms. The molecule has 4 saturated carbocycles. The fourth-order valence-electron chi connectivity index (χ4n) is 5.20. The summed E-state index contributed by atoms with van der Waals surface area (Å²) in [5, 5.41) is 0. The van der Waals surface area contributed by atoms with Crippen LogP contribution in [-0.4, -0.2) is 29.8 Å². The summed E-state index contributed by atoms with van der Waals surface area (Å²) in [7, 11) is 2.02. The Morgan fingerprint density at radius 2 is 1.58 bits per heavy atom. The summed E-state index contributed by atoms with van der Waals surface area (Å²) >= 11 is 5.97. The van der Waals surface area contributed by atoms with E-state index in [4.69, 9.17) is 11.6 Å². The van der Waals surface area contributed by atoms with Gasteiger partial charge < -0.3 is 4.90 Å². The van der Waals surface area contributed by atoms with Crippen LogP contribution in [0.15, 0.2) is 0 Å². The van der Waals surface area contributed by atoms with Crippen molar-refractivity contribution in [2.75, 3.05) is 12.9 Å². The van der Waals surface area contributed by atoms with Gasteiger partial charge in [0, 0.05) is 19.0 Å². The molecule has 4 fully saturated rings. The van der Waals surface area contributed by atoms with Gasteiger partial charge in [-0.05, 0) is 69.6 Å². The van der Waals surface area contributed by atoms with Crippen molar-refractivity contribution >= 4 is 17.5 Å². The number of halogens is 1. The molecule has 19 heavy (non-hydrogen) atoms. The zero-order chi connectivity index (χ0) is 13.8. The molecule has 4 rings (SSSR count). The molecule has 0 unspecified atom stereocenters. The molecule has 1 amide bonds. The lowest BCUT2D eigenvalue weighted by molar-refractivity contribution is -0.149. The highest BCUT2D eigenvalue weighted by molar-refractivity contribution is 6.19. The molecular formula is C16H26ClNO. The molecule has 0 saturated heterocycles. The first-order chi connectivity index (χ1) is 8.92. The van der Waals surface area contributed by atoms with Crippen molar-refractivity contribution in [2.24, 2.45) is 29.1 Å². The van der Waals surface area contributed by atoms with E-state index in [-0.39, 0.29) is 5.91 Å². The first-order valence-corrected chi connectivity index (χ1v) is 8.29. The zero-order valence-electron chi connectivity index (χ0n) is 12.4. The van der Waals surface area contributed by atoms with Crippen LogP contribution in [0.5, 0.6) is 0 Å². The largest absolute Gasteiger partial charge is 0.342 e. The summed E-state index contributed by atoms with van der Waals surface area (Å²) in [5.74, 6) is 4.09. The Bertz CT molecular complexity index is 351. The van der Waals surface area contributed by atoms with E-state index in [0.717, 1.165) is 23.7 Å². The minimum absolute atomic E-state index is 0.236.